The summed E-state index contributed by atoms with van der Waals surface area (Å²) in [5, 5.41) is 4.86. The number of hydrogen-bond acceptors (Lipinski definition) is 6. The molecule has 0 aliphatic carbocycles. The van der Waals surface area contributed by atoms with Gasteiger partial charge in [-0.05, 0) is 67.1 Å². The zero-order valence-electron chi connectivity index (χ0n) is 19.7. The second-order valence-electron chi connectivity index (χ2n) is 8.81. The van der Waals surface area contributed by atoms with Gasteiger partial charge in [-0.2, -0.15) is 5.10 Å². The molecule has 3 aromatic carbocycles. The number of fused-ring (bicyclic) bond motifs is 2. The van der Waals surface area contributed by atoms with E-state index in [0.717, 1.165) is 40.2 Å². The maximum absolute atomic E-state index is 13.2. The van der Waals surface area contributed by atoms with Crippen LogP contribution in [0.5, 0.6) is 11.5 Å². The highest BCUT2D eigenvalue weighted by Crippen LogP contribution is 2.36. The lowest BCUT2D eigenvalue weighted by Crippen LogP contribution is -2.05. The number of esters is 1. The Labute approximate surface area is 207 Å². The van der Waals surface area contributed by atoms with E-state index in [-0.39, 0.29) is 17.6 Å². The SMILES string of the molecule is COC(=O)c1ccc2c(c1)C(=O)/C(=C/c1cn(-c3ccccc3)nc1-c1ccc3c(c1)CC(C)O3)O2. The van der Waals surface area contributed by atoms with Gasteiger partial charge in [0.1, 0.15) is 23.3 Å². The molecular formula is C29H22N2O5. The smallest absolute Gasteiger partial charge is 0.337 e. The molecule has 0 radical (unpaired) electrons. The summed E-state index contributed by atoms with van der Waals surface area (Å²) in [5.41, 5.74) is 5.01. The Morgan fingerprint density at radius 1 is 1.08 bits per heavy atom. The first-order chi connectivity index (χ1) is 17.5. The highest BCUT2D eigenvalue weighted by Gasteiger charge is 2.29. The largest absolute Gasteiger partial charge is 0.490 e. The number of carbonyl (C=O) groups excluding carboxylic acids is 2. The number of rotatable bonds is 4. The molecule has 0 spiro atoms. The summed E-state index contributed by atoms with van der Waals surface area (Å²) < 4.78 is 18.3. The van der Waals surface area contributed by atoms with Crippen LogP contribution in [0.1, 0.15) is 38.8 Å². The fourth-order valence-corrected chi connectivity index (χ4v) is 4.57. The molecular weight excluding hydrogens is 456 g/mol. The van der Waals surface area contributed by atoms with Crippen molar-refractivity contribution in [1.82, 2.24) is 9.78 Å². The summed E-state index contributed by atoms with van der Waals surface area (Å²) in [4.78, 5) is 25.1. The highest BCUT2D eigenvalue weighted by molar-refractivity contribution is 6.15. The van der Waals surface area contributed by atoms with Crippen molar-refractivity contribution in [3.8, 4) is 28.4 Å². The lowest BCUT2D eigenvalue weighted by molar-refractivity contribution is 0.0600. The van der Waals surface area contributed by atoms with Gasteiger partial charge in [0.25, 0.3) is 0 Å². The van der Waals surface area contributed by atoms with Gasteiger partial charge in [-0.3, -0.25) is 4.79 Å². The minimum atomic E-state index is -0.510. The van der Waals surface area contributed by atoms with Crippen LogP contribution in [0.4, 0.5) is 0 Å². The molecule has 1 unspecified atom stereocenters. The van der Waals surface area contributed by atoms with E-state index in [2.05, 4.69) is 6.07 Å². The molecule has 3 heterocycles. The standard InChI is InChI=1S/C29H22N2O5/c1-17-12-20-13-18(8-10-24(20)35-17)27-21(16-31(30-27)22-6-4-3-5-7-22)15-26-28(32)23-14-19(29(33)34-2)9-11-25(23)36-26/h3-11,13-17H,12H2,1-2H3/b26-15-. The zero-order chi connectivity index (χ0) is 24.8. The van der Waals surface area contributed by atoms with Crippen LogP contribution >= 0.6 is 0 Å². The third-order valence-corrected chi connectivity index (χ3v) is 6.31. The van der Waals surface area contributed by atoms with Gasteiger partial charge in [0.05, 0.1) is 23.9 Å². The highest BCUT2D eigenvalue weighted by atomic mass is 16.5. The van der Waals surface area contributed by atoms with Crippen molar-refractivity contribution in [2.24, 2.45) is 0 Å². The molecule has 178 valence electrons. The number of benzene rings is 3. The van der Waals surface area contributed by atoms with Crippen LogP contribution in [0.25, 0.3) is 23.0 Å². The molecule has 6 rings (SSSR count). The van der Waals surface area contributed by atoms with E-state index in [0.29, 0.717) is 16.9 Å². The van der Waals surface area contributed by atoms with E-state index < -0.39 is 5.97 Å². The molecule has 0 fully saturated rings. The molecule has 1 atom stereocenters. The third kappa shape index (κ3) is 3.75. The molecule has 0 saturated carbocycles. The van der Waals surface area contributed by atoms with E-state index in [1.54, 1.807) is 22.9 Å². The quantitative estimate of drug-likeness (QED) is 0.294. The van der Waals surface area contributed by atoms with Gasteiger partial charge >= 0.3 is 5.97 Å². The summed E-state index contributed by atoms with van der Waals surface area (Å²) in [5.74, 6) is 0.646. The van der Waals surface area contributed by atoms with Crippen LogP contribution < -0.4 is 9.47 Å². The van der Waals surface area contributed by atoms with Gasteiger partial charge in [-0.15, -0.1) is 0 Å². The Hall–Kier alpha value is -4.65. The van der Waals surface area contributed by atoms with Crippen molar-refractivity contribution < 1.29 is 23.8 Å². The molecule has 1 aromatic heterocycles. The Balaban J connectivity index is 1.43. The summed E-state index contributed by atoms with van der Waals surface area (Å²) >= 11 is 0. The van der Waals surface area contributed by atoms with Crippen molar-refractivity contribution in [3.05, 3.63) is 101 Å². The first kappa shape index (κ1) is 21.9. The Morgan fingerprint density at radius 3 is 2.69 bits per heavy atom. The number of ketones is 1. The van der Waals surface area contributed by atoms with E-state index in [4.69, 9.17) is 19.3 Å². The lowest BCUT2D eigenvalue weighted by Gasteiger charge is -2.04. The number of hydrogen-bond donors (Lipinski definition) is 0. The summed E-state index contributed by atoms with van der Waals surface area (Å²) in [7, 11) is 1.30. The van der Waals surface area contributed by atoms with Gasteiger partial charge < -0.3 is 14.2 Å². The topological polar surface area (TPSA) is 79.7 Å². The summed E-state index contributed by atoms with van der Waals surface area (Å²) in [6, 6.07) is 20.5. The van der Waals surface area contributed by atoms with Crippen LogP contribution in [0, 0.1) is 0 Å². The first-order valence-corrected chi connectivity index (χ1v) is 11.6. The van der Waals surface area contributed by atoms with Gasteiger partial charge in [0, 0.05) is 23.7 Å². The Bertz CT molecular complexity index is 1550. The van der Waals surface area contributed by atoms with Crippen molar-refractivity contribution in [2.45, 2.75) is 19.4 Å². The number of allylic oxidation sites excluding steroid dienone is 1. The Kier molecular flexibility index (Phi) is 5.18. The molecule has 2 aliphatic heterocycles. The number of nitrogens with zero attached hydrogens (tertiary/aromatic N) is 2. The maximum atomic E-state index is 13.2. The summed E-state index contributed by atoms with van der Waals surface area (Å²) in [6.45, 7) is 2.05. The van der Waals surface area contributed by atoms with E-state index in [1.165, 1.54) is 13.2 Å². The maximum Gasteiger partial charge on any atom is 0.337 e. The summed E-state index contributed by atoms with van der Waals surface area (Å²) in [6.07, 6.45) is 4.55. The fraction of sp³-hybridized carbons (Fsp3) is 0.138. The molecule has 7 nitrogen and oxygen atoms in total. The number of methoxy groups -OCH3 is 1. The second-order valence-corrected chi connectivity index (χ2v) is 8.81. The third-order valence-electron chi connectivity index (χ3n) is 6.31. The number of ether oxygens (including phenoxy) is 3. The molecule has 0 N–H and O–H groups in total. The van der Waals surface area contributed by atoms with Crippen LogP contribution in [-0.4, -0.2) is 34.7 Å². The molecule has 0 amide bonds. The van der Waals surface area contributed by atoms with Crippen molar-refractivity contribution in [1.29, 1.82) is 0 Å². The minimum absolute atomic E-state index is 0.136. The van der Waals surface area contributed by atoms with E-state index in [9.17, 15) is 9.59 Å². The van der Waals surface area contributed by atoms with Crippen LogP contribution in [-0.2, 0) is 11.2 Å². The molecule has 0 bridgehead atoms. The average molecular weight is 479 g/mol. The molecule has 7 heteroatoms. The normalized spacial score (nSPS) is 16.9. The van der Waals surface area contributed by atoms with Gasteiger partial charge in [-0.1, -0.05) is 18.2 Å². The lowest BCUT2D eigenvalue weighted by atomic mass is 10.0. The van der Waals surface area contributed by atoms with Crippen molar-refractivity contribution in [2.75, 3.05) is 7.11 Å². The number of carbonyl (C=O) groups is 2. The average Bonchev–Trinajstić information content (AvgIpc) is 3.58. The second kappa shape index (κ2) is 8.53. The molecule has 0 saturated heterocycles. The monoisotopic (exact) mass is 478 g/mol. The molecule has 36 heavy (non-hydrogen) atoms. The number of para-hydroxylation sites is 1. The predicted octanol–water partition coefficient (Wildman–Crippen LogP) is 5.27. The van der Waals surface area contributed by atoms with Crippen LogP contribution in [0.3, 0.4) is 0 Å². The molecule has 4 aromatic rings. The van der Waals surface area contributed by atoms with Crippen LogP contribution in [0.2, 0.25) is 0 Å². The minimum Gasteiger partial charge on any atom is -0.490 e. The molecule has 2 aliphatic rings. The zero-order valence-corrected chi connectivity index (χ0v) is 19.7. The number of Topliss-reactive ketones (excluding diaryl/α,β-unsaturated/α-hetero) is 1. The predicted molar refractivity (Wildman–Crippen MR) is 134 cm³/mol. The number of aromatic nitrogens is 2. The van der Waals surface area contributed by atoms with E-state index >= 15 is 0 Å². The van der Waals surface area contributed by atoms with Crippen molar-refractivity contribution >= 4 is 17.8 Å². The van der Waals surface area contributed by atoms with E-state index in [1.807, 2.05) is 55.6 Å². The van der Waals surface area contributed by atoms with Gasteiger partial charge in [0.15, 0.2) is 5.76 Å². The van der Waals surface area contributed by atoms with Gasteiger partial charge in [-0.25, -0.2) is 9.48 Å². The van der Waals surface area contributed by atoms with Gasteiger partial charge in [0.2, 0.25) is 5.78 Å². The van der Waals surface area contributed by atoms with Crippen LogP contribution in [0.15, 0.2) is 78.7 Å². The van der Waals surface area contributed by atoms with Crippen molar-refractivity contribution in [3.63, 3.8) is 0 Å². The Morgan fingerprint density at radius 2 is 1.89 bits per heavy atom. The first-order valence-electron chi connectivity index (χ1n) is 11.6. The fourth-order valence-electron chi connectivity index (χ4n) is 4.57.